The molecule has 2 aromatic heterocycles. The van der Waals surface area contributed by atoms with E-state index in [1.807, 2.05) is 24.3 Å². The Hall–Kier alpha value is -2.68. The van der Waals surface area contributed by atoms with Gasteiger partial charge in [0.15, 0.2) is 11.3 Å². The molecule has 3 heteroatoms. The van der Waals surface area contributed by atoms with Crippen molar-refractivity contribution in [3.8, 4) is 11.5 Å². The van der Waals surface area contributed by atoms with Gasteiger partial charge in [0.2, 0.25) is 11.4 Å². The zero-order valence-corrected chi connectivity index (χ0v) is 12.0. The van der Waals surface area contributed by atoms with Crippen LogP contribution in [0.2, 0.25) is 0 Å². The summed E-state index contributed by atoms with van der Waals surface area (Å²) < 4.78 is 8.02. The highest BCUT2D eigenvalue weighted by atomic mass is 16.3. The molecule has 3 nitrogen and oxygen atoms in total. The van der Waals surface area contributed by atoms with E-state index in [-0.39, 0.29) is 0 Å². The van der Waals surface area contributed by atoms with Crippen LogP contribution in [0, 0.1) is 6.92 Å². The van der Waals surface area contributed by atoms with E-state index in [4.69, 9.17) is 4.42 Å². The molecule has 0 radical (unpaired) electrons. The fourth-order valence-electron chi connectivity index (χ4n) is 2.63. The Labute approximate surface area is 122 Å². The first-order valence-electron chi connectivity index (χ1n) is 6.98. The second-order valence-electron chi connectivity index (χ2n) is 5.29. The lowest BCUT2D eigenvalue weighted by molar-refractivity contribution is -0.651. The number of aromatic nitrogens is 2. The van der Waals surface area contributed by atoms with E-state index in [2.05, 4.69) is 53.9 Å². The number of hydrogen-bond donors (Lipinski definition) is 0. The van der Waals surface area contributed by atoms with Crippen molar-refractivity contribution in [1.29, 1.82) is 0 Å². The molecule has 0 saturated carbocycles. The van der Waals surface area contributed by atoms with E-state index >= 15 is 0 Å². The summed E-state index contributed by atoms with van der Waals surface area (Å²) in [6, 6.07) is 18.4. The quantitative estimate of drug-likeness (QED) is 0.495. The first kappa shape index (κ1) is 12.1. The van der Waals surface area contributed by atoms with Crippen LogP contribution in [0.25, 0.3) is 33.5 Å². The van der Waals surface area contributed by atoms with Crippen molar-refractivity contribution in [2.24, 2.45) is 7.05 Å². The lowest BCUT2D eigenvalue weighted by Gasteiger charge is -2.01. The fourth-order valence-corrected chi connectivity index (χ4v) is 2.63. The van der Waals surface area contributed by atoms with Gasteiger partial charge in [0, 0.05) is 30.0 Å². The van der Waals surface area contributed by atoms with E-state index in [0.717, 1.165) is 16.7 Å². The van der Waals surface area contributed by atoms with Gasteiger partial charge in [-0.25, -0.2) is 4.98 Å². The number of aryl methyl sites for hydroxylation is 2. The van der Waals surface area contributed by atoms with E-state index < -0.39 is 0 Å². The number of rotatable bonds is 1. The molecule has 0 fully saturated rings. The van der Waals surface area contributed by atoms with Crippen molar-refractivity contribution in [3.63, 3.8) is 0 Å². The lowest BCUT2D eigenvalue weighted by atomic mass is 10.1. The first-order chi connectivity index (χ1) is 10.2. The molecule has 0 atom stereocenters. The minimum Gasteiger partial charge on any atom is -0.436 e. The molecule has 4 aromatic rings. The van der Waals surface area contributed by atoms with Crippen LogP contribution in [-0.2, 0) is 7.05 Å². The van der Waals surface area contributed by atoms with E-state index in [1.165, 1.54) is 16.6 Å². The summed E-state index contributed by atoms with van der Waals surface area (Å²) in [4.78, 5) is 4.56. The van der Waals surface area contributed by atoms with E-state index in [0.29, 0.717) is 5.89 Å². The Kier molecular flexibility index (Phi) is 2.54. The monoisotopic (exact) mass is 275 g/mol. The molecule has 102 valence electrons. The van der Waals surface area contributed by atoms with Crippen molar-refractivity contribution in [2.75, 3.05) is 0 Å². The number of nitrogens with zero attached hydrogens (tertiary/aromatic N) is 2. The molecule has 0 spiro atoms. The highest BCUT2D eigenvalue weighted by Crippen LogP contribution is 2.26. The second kappa shape index (κ2) is 4.42. The molecular formula is C18H15N2O+. The molecule has 0 N–H and O–H groups in total. The minimum absolute atomic E-state index is 0.668. The van der Waals surface area contributed by atoms with Crippen LogP contribution in [0.1, 0.15) is 5.69 Å². The maximum atomic E-state index is 5.84. The third kappa shape index (κ3) is 1.89. The van der Waals surface area contributed by atoms with Gasteiger partial charge in [0.25, 0.3) is 0 Å². The van der Waals surface area contributed by atoms with Crippen LogP contribution in [0.15, 0.2) is 59.0 Å². The average molecular weight is 275 g/mol. The van der Waals surface area contributed by atoms with Gasteiger partial charge in [0.1, 0.15) is 12.6 Å². The number of oxazole rings is 1. The highest BCUT2D eigenvalue weighted by molar-refractivity contribution is 5.82. The molecule has 0 saturated heterocycles. The summed E-state index contributed by atoms with van der Waals surface area (Å²) in [5.74, 6) is 0.668. The normalized spacial score (nSPS) is 11.3. The van der Waals surface area contributed by atoms with Gasteiger partial charge >= 0.3 is 0 Å². The van der Waals surface area contributed by atoms with Crippen molar-refractivity contribution < 1.29 is 8.98 Å². The van der Waals surface area contributed by atoms with Crippen LogP contribution >= 0.6 is 0 Å². The Bertz CT molecular complexity index is 936. The van der Waals surface area contributed by atoms with Gasteiger partial charge in [-0.1, -0.05) is 12.1 Å². The van der Waals surface area contributed by atoms with Crippen molar-refractivity contribution in [2.45, 2.75) is 6.92 Å². The van der Waals surface area contributed by atoms with Gasteiger partial charge in [-0.05, 0) is 30.3 Å². The summed E-state index contributed by atoms with van der Waals surface area (Å²) in [6.45, 7) is 2.11. The van der Waals surface area contributed by atoms with Gasteiger partial charge < -0.3 is 4.42 Å². The van der Waals surface area contributed by atoms with Crippen molar-refractivity contribution in [3.05, 3.63) is 60.3 Å². The zero-order chi connectivity index (χ0) is 14.4. The number of fused-ring (bicyclic) bond motifs is 2. The molecule has 0 aliphatic heterocycles. The van der Waals surface area contributed by atoms with Gasteiger partial charge in [-0.2, -0.15) is 4.57 Å². The van der Waals surface area contributed by atoms with Gasteiger partial charge in [-0.3, -0.25) is 0 Å². The molecule has 0 bridgehead atoms. The predicted octanol–water partition coefficient (Wildman–Crippen LogP) is 3.78. The molecule has 0 amide bonds. The summed E-state index contributed by atoms with van der Waals surface area (Å²) in [5.41, 5.74) is 5.15. The summed E-state index contributed by atoms with van der Waals surface area (Å²) in [6.07, 6.45) is 0. The van der Waals surface area contributed by atoms with E-state index in [9.17, 15) is 0 Å². The van der Waals surface area contributed by atoms with Gasteiger partial charge in [0.05, 0.1) is 0 Å². The molecule has 0 unspecified atom stereocenters. The Morgan fingerprint density at radius 1 is 1.00 bits per heavy atom. The molecule has 0 aliphatic rings. The van der Waals surface area contributed by atoms with Crippen molar-refractivity contribution >= 4 is 22.0 Å². The predicted molar refractivity (Wildman–Crippen MR) is 82.9 cm³/mol. The highest BCUT2D eigenvalue weighted by Gasteiger charge is 2.12. The molecule has 4 rings (SSSR count). The molecule has 2 aromatic carbocycles. The fraction of sp³-hybridized carbons (Fsp3) is 0.111. The standard InChI is InChI=1S/C18H15N2O/c1-12-7-8-13-11-14(9-10-16(13)20(12)2)18-19-15-5-3-4-6-17(15)21-18/h3-11H,1-2H3/q+1. The van der Waals surface area contributed by atoms with Crippen LogP contribution in [-0.4, -0.2) is 4.98 Å². The third-order valence-electron chi connectivity index (χ3n) is 3.96. The average Bonchev–Trinajstić information content (AvgIpc) is 2.95. The maximum absolute atomic E-state index is 5.84. The van der Waals surface area contributed by atoms with Crippen LogP contribution in [0.5, 0.6) is 0 Å². The summed E-state index contributed by atoms with van der Waals surface area (Å²) in [5, 5.41) is 1.18. The SMILES string of the molecule is Cc1ccc2cc(-c3nc4ccccc4o3)ccc2[n+]1C. The summed E-state index contributed by atoms with van der Waals surface area (Å²) in [7, 11) is 2.08. The van der Waals surface area contributed by atoms with Crippen molar-refractivity contribution in [1.82, 2.24) is 4.98 Å². The first-order valence-corrected chi connectivity index (χ1v) is 6.98. The van der Waals surface area contributed by atoms with Gasteiger partial charge in [-0.15, -0.1) is 0 Å². The zero-order valence-electron chi connectivity index (χ0n) is 12.0. The Morgan fingerprint density at radius 2 is 1.86 bits per heavy atom. The molecule has 21 heavy (non-hydrogen) atoms. The maximum Gasteiger partial charge on any atom is 0.227 e. The minimum atomic E-state index is 0.668. The molecule has 2 heterocycles. The smallest absolute Gasteiger partial charge is 0.227 e. The van der Waals surface area contributed by atoms with Crippen LogP contribution < -0.4 is 4.57 Å². The number of para-hydroxylation sites is 2. The number of pyridine rings is 1. The van der Waals surface area contributed by atoms with E-state index in [1.54, 1.807) is 0 Å². The summed E-state index contributed by atoms with van der Waals surface area (Å²) >= 11 is 0. The largest absolute Gasteiger partial charge is 0.436 e. The third-order valence-corrected chi connectivity index (χ3v) is 3.96. The Balaban J connectivity index is 1.92. The topological polar surface area (TPSA) is 29.9 Å². The lowest BCUT2D eigenvalue weighted by Crippen LogP contribution is -2.32. The number of benzene rings is 2. The van der Waals surface area contributed by atoms with Crippen LogP contribution in [0.3, 0.4) is 0 Å². The number of hydrogen-bond acceptors (Lipinski definition) is 2. The molecular weight excluding hydrogens is 260 g/mol. The Morgan fingerprint density at radius 3 is 2.71 bits per heavy atom. The second-order valence-corrected chi connectivity index (χ2v) is 5.29. The molecule has 0 aliphatic carbocycles. The van der Waals surface area contributed by atoms with Crippen LogP contribution in [0.4, 0.5) is 0 Å².